The van der Waals surface area contributed by atoms with Crippen molar-refractivity contribution < 1.29 is 32.0 Å². The first-order valence-corrected chi connectivity index (χ1v) is 8.23. The van der Waals surface area contributed by atoms with Gasteiger partial charge < -0.3 is 19.9 Å². The summed E-state index contributed by atoms with van der Waals surface area (Å²) in [4.78, 5) is 11.7. The molecule has 24 heavy (non-hydrogen) atoms. The maximum Gasteiger partial charge on any atom is 0.338 e. The van der Waals surface area contributed by atoms with Crippen molar-refractivity contribution in [3.05, 3.63) is 28.8 Å². The number of nitrogens with two attached hydrogens (primary N) is 1. The van der Waals surface area contributed by atoms with Crippen LogP contribution in [0.1, 0.15) is 27.5 Å². The summed E-state index contributed by atoms with van der Waals surface area (Å²) in [6.45, 7) is 1.60. The van der Waals surface area contributed by atoms with Gasteiger partial charge in [0.25, 0.3) is 0 Å². The molecule has 0 heterocycles. The molecule has 3 N–H and O–H groups in total. The normalized spacial score (nSPS) is 13.3. The quantitative estimate of drug-likeness (QED) is 0.315. The van der Waals surface area contributed by atoms with E-state index in [4.69, 9.17) is 15.2 Å². The first-order valence-electron chi connectivity index (χ1n) is 6.83. The lowest BCUT2D eigenvalue weighted by Crippen LogP contribution is -2.40. The monoisotopic (exact) mass is 362 g/mol. The first-order chi connectivity index (χ1) is 11.1. The van der Waals surface area contributed by atoms with Gasteiger partial charge in [0.05, 0.1) is 12.7 Å². The Labute approximate surface area is 141 Å². The lowest BCUT2D eigenvalue weighted by molar-refractivity contribution is -0.135. The molecule has 0 bridgehead atoms. The van der Waals surface area contributed by atoms with Crippen molar-refractivity contribution in [2.75, 3.05) is 34.1 Å². The Morgan fingerprint density at radius 1 is 1.25 bits per heavy atom. The number of rotatable bonds is 7. The first kappa shape index (κ1) is 20.3. The van der Waals surface area contributed by atoms with Crippen LogP contribution in [0.3, 0.4) is 0 Å². The molecule has 0 saturated heterocycles. The molecule has 0 amide bonds. The molecule has 1 rings (SSSR count). The van der Waals surface area contributed by atoms with E-state index in [0.717, 1.165) is 7.05 Å². The lowest BCUT2D eigenvalue weighted by Gasteiger charge is -2.32. The van der Waals surface area contributed by atoms with Crippen LogP contribution >= 0.6 is 0 Å². The summed E-state index contributed by atoms with van der Waals surface area (Å²) in [6.07, 6.45) is -1.04. The van der Waals surface area contributed by atoms with Crippen LogP contribution in [0.15, 0.2) is 12.1 Å². The van der Waals surface area contributed by atoms with Crippen LogP contribution in [0.5, 0.6) is 0 Å². The standard InChI is InChI=1S/C14H22N2O7S/c1-8-9(13(17)21-3)6-7-10(11(8)15)12(14(22-4)23-5)16(2)24(18,19)20/h6-7,12,14H,15H2,1-5H3,(H,18,19,20). The molecule has 136 valence electrons. The summed E-state index contributed by atoms with van der Waals surface area (Å²) in [7, 11) is 0.502. The van der Waals surface area contributed by atoms with Crippen molar-refractivity contribution in [2.45, 2.75) is 19.3 Å². The predicted molar refractivity (Wildman–Crippen MR) is 86.8 cm³/mol. The summed E-state index contributed by atoms with van der Waals surface area (Å²) in [5.74, 6) is -0.569. The average Bonchev–Trinajstić information content (AvgIpc) is 2.53. The van der Waals surface area contributed by atoms with Crippen LogP contribution in [0.4, 0.5) is 5.69 Å². The number of esters is 1. The van der Waals surface area contributed by atoms with Crippen LogP contribution in [0, 0.1) is 6.92 Å². The molecule has 0 spiro atoms. The minimum Gasteiger partial charge on any atom is -0.465 e. The number of hydrogen-bond acceptors (Lipinski definition) is 7. The van der Waals surface area contributed by atoms with Crippen molar-refractivity contribution in [1.82, 2.24) is 4.31 Å². The smallest absolute Gasteiger partial charge is 0.338 e. The molecule has 0 aromatic heterocycles. The van der Waals surface area contributed by atoms with Crippen molar-refractivity contribution >= 4 is 22.0 Å². The summed E-state index contributed by atoms with van der Waals surface area (Å²) in [5, 5.41) is 0. The number of methoxy groups -OCH3 is 3. The number of nitrogen functional groups attached to an aromatic ring is 1. The largest absolute Gasteiger partial charge is 0.465 e. The van der Waals surface area contributed by atoms with Crippen molar-refractivity contribution in [3.63, 3.8) is 0 Å². The minimum absolute atomic E-state index is 0.164. The molecule has 9 nitrogen and oxygen atoms in total. The fraction of sp³-hybridized carbons (Fsp3) is 0.500. The molecule has 0 saturated carbocycles. The van der Waals surface area contributed by atoms with E-state index in [-0.39, 0.29) is 11.3 Å². The molecular formula is C14H22N2O7S. The fourth-order valence-electron chi connectivity index (χ4n) is 2.35. The highest BCUT2D eigenvalue weighted by molar-refractivity contribution is 7.83. The van der Waals surface area contributed by atoms with Gasteiger partial charge in [0.15, 0.2) is 6.29 Å². The van der Waals surface area contributed by atoms with Gasteiger partial charge in [-0.2, -0.15) is 12.7 Å². The van der Waals surface area contributed by atoms with Gasteiger partial charge in [-0.25, -0.2) is 4.79 Å². The van der Waals surface area contributed by atoms with Crippen LogP contribution in [-0.2, 0) is 24.5 Å². The highest BCUT2D eigenvalue weighted by Gasteiger charge is 2.35. The summed E-state index contributed by atoms with van der Waals surface area (Å²) in [5.41, 5.74) is 7.23. The SMILES string of the molecule is COC(=O)c1ccc(C(C(OC)OC)N(C)S(=O)(=O)O)c(N)c1C. The maximum absolute atomic E-state index is 11.7. The molecule has 0 fully saturated rings. The van der Waals surface area contributed by atoms with Crippen molar-refractivity contribution in [3.8, 4) is 0 Å². The Morgan fingerprint density at radius 3 is 2.21 bits per heavy atom. The summed E-state index contributed by atoms with van der Waals surface area (Å²) < 4.78 is 48.1. The molecule has 0 aliphatic rings. The molecule has 10 heteroatoms. The van der Waals surface area contributed by atoms with E-state index in [9.17, 15) is 17.8 Å². The number of anilines is 1. The highest BCUT2D eigenvalue weighted by atomic mass is 32.2. The van der Waals surface area contributed by atoms with E-state index in [1.54, 1.807) is 6.92 Å². The second-order valence-electron chi connectivity index (χ2n) is 5.01. The molecule has 0 aliphatic heterocycles. The molecule has 1 aromatic carbocycles. The van der Waals surface area contributed by atoms with E-state index < -0.39 is 28.6 Å². The van der Waals surface area contributed by atoms with Crippen molar-refractivity contribution in [2.24, 2.45) is 0 Å². The van der Waals surface area contributed by atoms with E-state index in [0.29, 0.717) is 15.4 Å². The Hall–Kier alpha value is -1.72. The zero-order chi connectivity index (χ0) is 18.7. The molecule has 0 aliphatic carbocycles. The Balaban J connectivity index is 3.55. The van der Waals surface area contributed by atoms with Crippen LogP contribution < -0.4 is 5.73 Å². The number of benzene rings is 1. The Bertz CT molecular complexity index is 701. The topological polar surface area (TPSA) is 128 Å². The van der Waals surface area contributed by atoms with Gasteiger partial charge in [-0.05, 0) is 24.1 Å². The summed E-state index contributed by atoms with van der Waals surface area (Å²) in [6, 6.07) is 1.85. The van der Waals surface area contributed by atoms with Crippen LogP contribution in [-0.4, -0.2) is 57.9 Å². The van der Waals surface area contributed by atoms with Gasteiger partial charge in [0.1, 0.15) is 6.04 Å². The Morgan fingerprint density at radius 2 is 1.79 bits per heavy atom. The second-order valence-corrected chi connectivity index (χ2v) is 6.48. The number of likely N-dealkylation sites (N-methyl/N-ethyl adjacent to an activating group) is 1. The maximum atomic E-state index is 11.7. The lowest BCUT2D eigenvalue weighted by atomic mass is 9.97. The zero-order valence-corrected chi connectivity index (χ0v) is 15.0. The minimum atomic E-state index is -4.55. The number of carbonyl (C=O) groups is 1. The van der Waals surface area contributed by atoms with Crippen molar-refractivity contribution in [1.29, 1.82) is 0 Å². The van der Waals surface area contributed by atoms with Gasteiger partial charge >= 0.3 is 16.3 Å². The third kappa shape index (κ3) is 4.02. The third-order valence-corrected chi connectivity index (χ3v) is 4.71. The molecule has 1 atom stereocenters. The fourth-order valence-corrected chi connectivity index (χ4v) is 2.85. The number of nitrogens with zero attached hydrogens (tertiary/aromatic N) is 1. The third-order valence-electron chi connectivity index (χ3n) is 3.75. The second kappa shape index (κ2) is 7.90. The molecule has 1 aromatic rings. The number of hydrogen-bond donors (Lipinski definition) is 2. The van der Waals surface area contributed by atoms with Crippen LogP contribution in [0.25, 0.3) is 0 Å². The van der Waals surface area contributed by atoms with E-state index in [2.05, 4.69) is 4.74 Å². The summed E-state index contributed by atoms with van der Waals surface area (Å²) >= 11 is 0. The molecule has 0 radical (unpaired) electrons. The number of ether oxygens (including phenoxy) is 3. The Kier molecular flexibility index (Phi) is 6.69. The van der Waals surface area contributed by atoms with E-state index >= 15 is 0 Å². The highest BCUT2D eigenvalue weighted by Crippen LogP contribution is 2.34. The van der Waals surface area contributed by atoms with Gasteiger partial charge in [-0.3, -0.25) is 4.55 Å². The average molecular weight is 362 g/mol. The molecular weight excluding hydrogens is 340 g/mol. The van der Waals surface area contributed by atoms with E-state index in [1.165, 1.54) is 33.5 Å². The molecule has 1 unspecified atom stereocenters. The van der Waals surface area contributed by atoms with Gasteiger partial charge in [-0.1, -0.05) is 6.07 Å². The van der Waals surface area contributed by atoms with Gasteiger partial charge in [-0.15, -0.1) is 0 Å². The van der Waals surface area contributed by atoms with Gasteiger partial charge in [0, 0.05) is 27.0 Å². The number of carbonyl (C=O) groups excluding carboxylic acids is 1. The zero-order valence-electron chi connectivity index (χ0n) is 14.1. The predicted octanol–water partition coefficient (Wildman–Crippen LogP) is 0.758. The van der Waals surface area contributed by atoms with Crippen LogP contribution in [0.2, 0.25) is 0 Å². The van der Waals surface area contributed by atoms with Gasteiger partial charge in [0.2, 0.25) is 0 Å². The van der Waals surface area contributed by atoms with E-state index in [1.807, 2.05) is 0 Å².